The van der Waals surface area contributed by atoms with Gasteiger partial charge in [0, 0.05) is 0 Å². The van der Waals surface area contributed by atoms with E-state index >= 15 is 0 Å². The number of benzene rings is 2. The van der Waals surface area contributed by atoms with Gasteiger partial charge in [-0.1, -0.05) is 6.07 Å². The molecule has 1 heterocycles. The van der Waals surface area contributed by atoms with Crippen LogP contribution in [0, 0.1) is 5.82 Å². The summed E-state index contributed by atoms with van der Waals surface area (Å²) in [6, 6.07) is 7.62. The first kappa shape index (κ1) is 14.4. The van der Waals surface area contributed by atoms with Crippen LogP contribution in [0.5, 0.6) is 5.75 Å². The van der Waals surface area contributed by atoms with E-state index in [9.17, 15) is 9.50 Å². The lowest BCUT2D eigenvalue weighted by Crippen LogP contribution is -2.41. The topological polar surface area (TPSA) is 38.7 Å². The van der Waals surface area contributed by atoms with E-state index in [1.165, 1.54) is 18.2 Å². The molecule has 1 aliphatic heterocycles. The van der Waals surface area contributed by atoms with Gasteiger partial charge in [-0.05, 0) is 68.2 Å². The van der Waals surface area contributed by atoms with Crippen molar-refractivity contribution < 1.29 is 18.8 Å². The first-order valence-electron chi connectivity index (χ1n) is 6.97. The minimum Gasteiger partial charge on any atom is -0.508 e. The molecular weight excluding hydrogens is 270 g/mol. The molecule has 1 N–H and O–H groups in total. The summed E-state index contributed by atoms with van der Waals surface area (Å²) in [5.41, 5.74) is -0.214. The first-order chi connectivity index (χ1) is 9.69. The van der Waals surface area contributed by atoms with Crippen LogP contribution < -0.4 is 5.46 Å². The molecule has 1 aliphatic rings. The SMILES string of the molecule is CC1(C)OB(c2cc(O)cc3cc(F)ccc23)OC1(C)C. The lowest BCUT2D eigenvalue weighted by atomic mass is 9.76. The van der Waals surface area contributed by atoms with Crippen LogP contribution in [0.25, 0.3) is 10.8 Å². The Kier molecular flexibility index (Phi) is 3.04. The van der Waals surface area contributed by atoms with Gasteiger partial charge in [-0.2, -0.15) is 0 Å². The van der Waals surface area contributed by atoms with Crippen molar-refractivity contribution in [2.45, 2.75) is 38.9 Å². The minimum atomic E-state index is -0.588. The molecular formula is C16H18BFO3. The van der Waals surface area contributed by atoms with Crippen molar-refractivity contribution >= 4 is 23.4 Å². The predicted octanol–water partition coefficient (Wildman–Crippen LogP) is 2.98. The summed E-state index contributed by atoms with van der Waals surface area (Å²) in [5, 5.41) is 11.3. The van der Waals surface area contributed by atoms with Crippen LogP contribution in [-0.4, -0.2) is 23.4 Å². The molecule has 0 aliphatic carbocycles. The summed E-state index contributed by atoms with van der Waals surface area (Å²) in [6.07, 6.45) is 0. The van der Waals surface area contributed by atoms with Gasteiger partial charge in [-0.25, -0.2) is 4.39 Å². The summed E-state index contributed by atoms with van der Waals surface area (Å²) < 4.78 is 25.4. The van der Waals surface area contributed by atoms with Crippen LogP contribution >= 0.6 is 0 Å². The molecule has 1 saturated heterocycles. The summed E-state index contributed by atoms with van der Waals surface area (Å²) in [5.74, 6) is -0.272. The van der Waals surface area contributed by atoms with Gasteiger partial charge in [0.2, 0.25) is 0 Å². The molecule has 3 rings (SSSR count). The number of hydrogen-bond acceptors (Lipinski definition) is 3. The zero-order valence-corrected chi connectivity index (χ0v) is 12.6. The molecule has 0 saturated carbocycles. The highest BCUT2D eigenvalue weighted by Crippen LogP contribution is 2.37. The Morgan fingerprint density at radius 3 is 2.24 bits per heavy atom. The van der Waals surface area contributed by atoms with Crippen LogP contribution in [0.4, 0.5) is 4.39 Å². The summed E-state index contributed by atoms with van der Waals surface area (Å²) in [7, 11) is -0.588. The van der Waals surface area contributed by atoms with Gasteiger partial charge in [-0.15, -0.1) is 0 Å². The Hall–Kier alpha value is -1.59. The average molecular weight is 288 g/mol. The molecule has 0 unspecified atom stereocenters. The van der Waals surface area contributed by atoms with Crippen molar-refractivity contribution in [3.05, 3.63) is 36.1 Å². The van der Waals surface area contributed by atoms with Gasteiger partial charge < -0.3 is 14.4 Å². The summed E-state index contributed by atoms with van der Waals surface area (Å²) >= 11 is 0. The second-order valence-corrected chi connectivity index (χ2v) is 6.49. The molecule has 0 bridgehead atoms. The van der Waals surface area contributed by atoms with Crippen molar-refractivity contribution in [1.82, 2.24) is 0 Å². The smallest absolute Gasteiger partial charge is 0.495 e. The Labute approximate surface area is 123 Å². The van der Waals surface area contributed by atoms with Gasteiger partial charge >= 0.3 is 7.12 Å². The monoisotopic (exact) mass is 288 g/mol. The standard InChI is InChI=1S/C16H18BFO3/c1-15(2)16(3,4)21-17(20-15)14-9-12(19)8-10-7-11(18)5-6-13(10)14/h5-9,19H,1-4H3. The highest BCUT2D eigenvalue weighted by molar-refractivity contribution is 6.65. The predicted molar refractivity (Wildman–Crippen MR) is 81.3 cm³/mol. The number of hydrogen-bond donors (Lipinski definition) is 1. The second kappa shape index (κ2) is 4.45. The van der Waals surface area contributed by atoms with Crippen molar-refractivity contribution in [2.75, 3.05) is 0 Å². The Morgan fingerprint density at radius 1 is 1.00 bits per heavy atom. The molecule has 3 nitrogen and oxygen atoms in total. The van der Waals surface area contributed by atoms with Crippen LogP contribution in [0.1, 0.15) is 27.7 Å². The quantitative estimate of drug-likeness (QED) is 0.820. The Balaban J connectivity index is 2.14. The third kappa shape index (κ3) is 2.30. The maximum Gasteiger partial charge on any atom is 0.495 e. The lowest BCUT2D eigenvalue weighted by Gasteiger charge is -2.32. The largest absolute Gasteiger partial charge is 0.508 e. The van der Waals surface area contributed by atoms with Gasteiger partial charge in [0.25, 0.3) is 0 Å². The molecule has 21 heavy (non-hydrogen) atoms. The normalized spacial score (nSPS) is 20.1. The summed E-state index contributed by atoms with van der Waals surface area (Å²) in [4.78, 5) is 0. The number of phenols is 1. The zero-order valence-electron chi connectivity index (χ0n) is 12.6. The molecule has 0 aromatic heterocycles. The van der Waals surface area contributed by atoms with Crippen LogP contribution in [0.2, 0.25) is 0 Å². The molecule has 1 fully saturated rings. The highest BCUT2D eigenvalue weighted by atomic mass is 19.1. The molecule has 0 radical (unpaired) electrons. The van der Waals surface area contributed by atoms with E-state index in [1.807, 2.05) is 27.7 Å². The number of phenolic OH excluding ortho intramolecular Hbond substituents is 1. The maximum absolute atomic E-state index is 13.4. The zero-order chi connectivity index (χ0) is 15.4. The molecule has 0 amide bonds. The molecule has 110 valence electrons. The number of fused-ring (bicyclic) bond motifs is 1. The number of halogens is 1. The lowest BCUT2D eigenvalue weighted by molar-refractivity contribution is 0.00578. The van der Waals surface area contributed by atoms with E-state index in [0.717, 1.165) is 5.39 Å². The number of rotatable bonds is 1. The first-order valence-corrected chi connectivity index (χ1v) is 6.97. The van der Waals surface area contributed by atoms with E-state index < -0.39 is 18.3 Å². The third-order valence-electron chi connectivity index (χ3n) is 4.44. The van der Waals surface area contributed by atoms with E-state index in [2.05, 4.69) is 0 Å². The minimum absolute atomic E-state index is 0.0674. The van der Waals surface area contributed by atoms with Crippen molar-refractivity contribution in [1.29, 1.82) is 0 Å². The van der Waals surface area contributed by atoms with E-state index in [-0.39, 0.29) is 11.6 Å². The third-order valence-corrected chi connectivity index (χ3v) is 4.44. The fourth-order valence-electron chi connectivity index (χ4n) is 2.52. The molecule has 0 spiro atoms. The van der Waals surface area contributed by atoms with Crippen molar-refractivity contribution in [3.8, 4) is 5.75 Å². The van der Waals surface area contributed by atoms with Crippen LogP contribution in [0.3, 0.4) is 0 Å². The average Bonchev–Trinajstić information content (AvgIpc) is 2.56. The van der Waals surface area contributed by atoms with Crippen molar-refractivity contribution in [3.63, 3.8) is 0 Å². The van der Waals surface area contributed by atoms with E-state index in [0.29, 0.717) is 10.8 Å². The fourth-order valence-corrected chi connectivity index (χ4v) is 2.52. The van der Waals surface area contributed by atoms with Crippen molar-refractivity contribution in [2.24, 2.45) is 0 Å². The second-order valence-electron chi connectivity index (χ2n) is 6.49. The molecule has 0 atom stereocenters. The fraction of sp³-hybridized carbons (Fsp3) is 0.375. The van der Waals surface area contributed by atoms with Crippen LogP contribution in [-0.2, 0) is 9.31 Å². The van der Waals surface area contributed by atoms with E-state index in [4.69, 9.17) is 9.31 Å². The molecule has 2 aromatic rings. The van der Waals surface area contributed by atoms with E-state index in [1.54, 1.807) is 12.1 Å². The van der Waals surface area contributed by atoms with Crippen LogP contribution in [0.15, 0.2) is 30.3 Å². The number of aromatic hydroxyl groups is 1. The molecule has 5 heteroatoms. The summed E-state index contributed by atoms with van der Waals surface area (Å²) in [6.45, 7) is 7.88. The Morgan fingerprint density at radius 2 is 1.62 bits per heavy atom. The van der Waals surface area contributed by atoms with Gasteiger partial charge in [0.15, 0.2) is 0 Å². The van der Waals surface area contributed by atoms with Gasteiger partial charge in [-0.3, -0.25) is 0 Å². The van der Waals surface area contributed by atoms with Gasteiger partial charge in [0.1, 0.15) is 11.6 Å². The maximum atomic E-state index is 13.4. The Bertz CT molecular complexity index is 691. The molecule has 2 aromatic carbocycles. The highest BCUT2D eigenvalue weighted by Gasteiger charge is 2.52. The van der Waals surface area contributed by atoms with Gasteiger partial charge in [0.05, 0.1) is 11.2 Å².